The van der Waals surface area contributed by atoms with Crippen LogP contribution in [-0.4, -0.2) is 75.6 Å². The van der Waals surface area contributed by atoms with Crippen molar-refractivity contribution in [1.29, 1.82) is 0 Å². The maximum Gasteiger partial charge on any atom is 0.409 e. The van der Waals surface area contributed by atoms with Gasteiger partial charge in [-0.2, -0.15) is 12.7 Å². The molecule has 1 aromatic rings. The van der Waals surface area contributed by atoms with Crippen LogP contribution in [0.3, 0.4) is 0 Å². The second-order valence-corrected chi connectivity index (χ2v) is 7.35. The van der Waals surface area contributed by atoms with E-state index in [-0.39, 0.29) is 6.09 Å². The van der Waals surface area contributed by atoms with Crippen LogP contribution in [0.2, 0.25) is 0 Å². The molecule has 0 spiro atoms. The lowest BCUT2D eigenvalue weighted by Crippen LogP contribution is -2.49. The van der Waals surface area contributed by atoms with Gasteiger partial charge in [0.25, 0.3) is 0 Å². The molecule has 1 fully saturated rings. The van der Waals surface area contributed by atoms with Gasteiger partial charge in [0, 0.05) is 40.3 Å². The second kappa shape index (κ2) is 7.67. The second-order valence-electron chi connectivity index (χ2n) is 5.47. The number of ether oxygens (including phenoxy) is 1. The minimum absolute atomic E-state index is 0.293. The van der Waals surface area contributed by atoms with Crippen molar-refractivity contribution >= 4 is 27.8 Å². The summed E-state index contributed by atoms with van der Waals surface area (Å²) >= 11 is 0. The first kappa shape index (κ1) is 18.3. The number of piperazine rings is 1. The van der Waals surface area contributed by atoms with Crippen molar-refractivity contribution in [2.75, 3.05) is 56.5 Å². The first-order chi connectivity index (χ1) is 11.3. The lowest BCUT2D eigenvalue weighted by atomic mass is 10.3. The maximum atomic E-state index is 11.8. The highest BCUT2D eigenvalue weighted by Gasteiger charge is 2.22. The summed E-state index contributed by atoms with van der Waals surface area (Å²) in [5, 5.41) is 0. The first-order valence-electron chi connectivity index (χ1n) is 7.66. The highest BCUT2D eigenvalue weighted by molar-refractivity contribution is 7.90. The summed E-state index contributed by atoms with van der Waals surface area (Å²) < 4.78 is 32.0. The summed E-state index contributed by atoms with van der Waals surface area (Å²) in [6, 6.07) is 3.43. The maximum absolute atomic E-state index is 11.8. The van der Waals surface area contributed by atoms with Crippen molar-refractivity contribution in [2.24, 2.45) is 0 Å². The molecule has 0 unspecified atom stereocenters. The standard InChI is InChI=1S/C14H23N5O4S/c1-4-23-14(20)19-9-7-18(8-10-19)13-6-5-12(11-15-13)16-24(21,22)17(2)3/h5-6,11,16H,4,7-10H2,1-3H3. The van der Waals surface area contributed by atoms with Gasteiger partial charge in [-0.05, 0) is 19.1 Å². The number of pyridine rings is 1. The molecule has 0 saturated carbocycles. The molecular formula is C14H23N5O4S. The SMILES string of the molecule is CCOC(=O)N1CCN(c2ccc(NS(=O)(=O)N(C)C)cn2)CC1. The third kappa shape index (κ3) is 4.48. The van der Waals surface area contributed by atoms with E-state index in [1.165, 1.54) is 20.3 Å². The fourth-order valence-electron chi connectivity index (χ4n) is 2.21. The van der Waals surface area contributed by atoms with Crippen LogP contribution in [0.5, 0.6) is 0 Å². The third-order valence-electron chi connectivity index (χ3n) is 3.61. The molecule has 1 aliphatic rings. The average molecular weight is 357 g/mol. The van der Waals surface area contributed by atoms with Gasteiger partial charge < -0.3 is 14.5 Å². The summed E-state index contributed by atoms with van der Waals surface area (Å²) in [6.07, 6.45) is 1.19. The van der Waals surface area contributed by atoms with E-state index < -0.39 is 10.2 Å². The molecule has 0 bridgehead atoms. The zero-order chi connectivity index (χ0) is 17.7. The van der Waals surface area contributed by atoms with E-state index in [2.05, 4.69) is 9.71 Å². The van der Waals surface area contributed by atoms with E-state index >= 15 is 0 Å². The Morgan fingerprint density at radius 3 is 2.46 bits per heavy atom. The predicted molar refractivity (Wildman–Crippen MR) is 91.3 cm³/mol. The van der Waals surface area contributed by atoms with E-state index in [4.69, 9.17) is 4.74 Å². The number of hydrogen-bond donors (Lipinski definition) is 1. The molecule has 24 heavy (non-hydrogen) atoms. The molecule has 2 heterocycles. The minimum Gasteiger partial charge on any atom is -0.450 e. The molecule has 1 N–H and O–H groups in total. The van der Waals surface area contributed by atoms with Crippen LogP contribution in [0.15, 0.2) is 18.3 Å². The van der Waals surface area contributed by atoms with Crippen LogP contribution in [0.4, 0.5) is 16.3 Å². The Bertz CT molecular complexity index is 654. The van der Waals surface area contributed by atoms with Crippen LogP contribution < -0.4 is 9.62 Å². The van der Waals surface area contributed by atoms with E-state index in [0.717, 1.165) is 10.1 Å². The smallest absolute Gasteiger partial charge is 0.409 e. The van der Waals surface area contributed by atoms with Gasteiger partial charge >= 0.3 is 16.3 Å². The predicted octanol–water partition coefficient (Wildman–Crippen LogP) is 0.578. The number of nitrogens with zero attached hydrogens (tertiary/aromatic N) is 4. The molecule has 134 valence electrons. The molecular weight excluding hydrogens is 334 g/mol. The fraction of sp³-hybridized carbons (Fsp3) is 0.571. The van der Waals surface area contributed by atoms with Crippen LogP contribution in [0.1, 0.15) is 6.92 Å². The van der Waals surface area contributed by atoms with E-state index in [0.29, 0.717) is 38.5 Å². The van der Waals surface area contributed by atoms with Crippen LogP contribution >= 0.6 is 0 Å². The zero-order valence-electron chi connectivity index (χ0n) is 14.1. The Morgan fingerprint density at radius 1 is 1.29 bits per heavy atom. The van der Waals surface area contributed by atoms with Crippen molar-refractivity contribution in [1.82, 2.24) is 14.2 Å². The Kier molecular flexibility index (Phi) is 5.84. The lowest BCUT2D eigenvalue weighted by molar-refractivity contribution is 0.105. The fourth-order valence-corrected chi connectivity index (χ4v) is 2.81. The van der Waals surface area contributed by atoms with Gasteiger partial charge in [-0.3, -0.25) is 4.72 Å². The molecule has 1 aromatic heterocycles. The van der Waals surface area contributed by atoms with Crippen LogP contribution in [0, 0.1) is 0 Å². The topological polar surface area (TPSA) is 95.1 Å². The summed E-state index contributed by atoms with van der Waals surface area (Å²) in [7, 11) is -0.636. The van der Waals surface area contributed by atoms with Gasteiger partial charge in [-0.1, -0.05) is 0 Å². The van der Waals surface area contributed by atoms with Crippen molar-refractivity contribution in [3.8, 4) is 0 Å². The summed E-state index contributed by atoms with van der Waals surface area (Å²) in [4.78, 5) is 19.7. The first-order valence-corrected chi connectivity index (χ1v) is 9.10. The molecule has 2 rings (SSSR count). The third-order valence-corrected chi connectivity index (χ3v) is 5.06. The molecule has 0 atom stereocenters. The molecule has 1 amide bonds. The Labute approximate surface area is 142 Å². The molecule has 0 radical (unpaired) electrons. The monoisotopic (exact) mass is 357 g/mol. The summed E-state index contributed by atoms with van der Waals surface area (Å²) in [6.45, 7) is 4.57. The van der Waals surface area contributed by atoms with E-state index in [1.807, 2.05) is 4.90 Å². The van der Waals surface area contributed by atoms with Gasteiger partial charge in [0.05, 0.1) is 18.5 Å². The number of aromatic nitrogens is 1. The molecule has 0 aromatic carbocycles. The van der Waals surface area contributed by atoms with Gasteiger partial charge in [0.2, 0.25) is 0 Å². The number of anilines is 2. The zero-order valence-corrected chi connectivity index (χ0v) is 14.9. The van der Waals surface area contributed by atoms with Crippen molar-refractivity contribution < 1.29 is 17.9 Å². The van der Waals surface area contributed by atoms with Gasteiger partial charge in [0.15, 0.2) is 0 Å². The molecule has 9 nitrogen and oxygen atoms in total. The van der Waals surface area contributed by atoms with Gasteiger partial charge in [0.1, 0.15) is 5.82 Å². The van der Waals surface area contributed by atoms with Crippen LogP contribution in [0.25, 0.3) is 0 Å². The Balaban J connectivity index is 1.94. The highest BCUT2D eigenvalue weighted by Crippen LogP contribution is 2.17. The highest BCUT2D eigenvalue weighted by atomic mass is 32.2. The number of carbonyl (C=O) groups excluding carboxylic acids is 1. The van der Waals surface area contributed by atoms with E-state index in [9.17, 15) is 13.2 Å². The van der Waals surface area contributed by atoms with Gasteiger partial charge in [-0.15, -0.1) is 0 Å². The van der Waals surface area contributed by atoms with Crippen LogP contribution in [-0.2, 0) is 14.9 Å². The molecule has 1 aliphatic heterocycles. The molecule has 0 aliphatic carbocycles. The van der Waals surface area contributed by atoms with Crippen molar-refractivity contribution in [3.05, 3.63) is 18.3 Å². The summed E-state index contributed by atoms with van der Waals surface area (Å²) in [5.41, 5.74) is 0.401. The van der Waals surface area contributed by atoms with Gasteiger partial charge in [-0.25, -0.2) is 9.78 Å². The normalized spacial score (nSPS) is 15.5. The number of nitrogens with one attached hydrogen (secondary N) is 1. The number of carbonyl (C=O) groups is 1. The minimum atomic E-state index is -3.54. The quantitative estimate of drug-likeness (QED) is 0.828. The Hall–Kier alpha value is -2.07. The number of hydrogen-bond acceptors (Lipinski definition) is 6. The molecule has 1 saturated heterocycles. The van der Waals surface area contributed by atoms with E-state index in [1.54, 1.807) is 24.0 Å². The lowest BCUT2D eigenvalue weighted by Gasteiger charge is -2.34. The molecule has 10 heteroatoms. The largest absolute Gasteiger partial charge is 0.450 e. The number of amides is 1. The Morgan fingerprint density at radius 2 is 1.96 bits per heavy atom. The van der Waals surface area contributed by atoms with Crippen molar-refractivity contribution in [2.45, 2.75) is 6.92 Å². The summed E-state index contributed by atoms with van der Waals surface area (Å²) in [5.74, 6) is 0.742. The average Bonchev–Trinajstić information content (AvgIpc) is 2.55. The van der Waals surface area contributed by atoms with Crippen molar-refractivity contribution in [3.63, 3.8) is 0 Å². The number of rotatable bonds is 5.